The smallest absolute Gasteiger partial charge is 0.227 e. The van der Waals surface area contributed by atoms with E-state index in [-0.39, 0.29) is 11.8 Å². The second-order valence-corrected chi connectivity index (χ2v) is 7.22. The fourth-order valence-electron chi connectivity index (χ4n) is 2.43. The van der Waals surface area contributed by atoms with E-state index in [4.69, 9.17) is 0 Å². The van der Waals surface area contributed by atoms with E-state index >= 15 is 0 Å². The Morgan fingerprint density at radius 3 is 2.58 bits per heavy atom. The molecule has 1 fully saturated rings. The molecule has 19 heavy (non-hydrogen) atoms. The molecule has 1 N–H and O–H groups in total. The van der Waals surface area contributed by atoms with Crippen molar-refractivity contribution in [2.24, 2.45) is 0 Å². The van der Waals surface area contributed by atoms with Crippen molar-refractivity contribution in [1.82, 2.24) is 15.3 Å². The predicted octanol–water partition coefficient (Wildman–Crippen LogP) is 2.27. The maximum absolute atomic E-state index is 12.2. The maximum Gasteiger partial charge on any atom is 0.227 e. The van der Waals surface area contributed by atoms with Crippen LogP contribution in [0, 0.1) is 0 Å². The van der Waals surface area contributed by atoms with Crippen molar-refractivity contribution in [1.29, 1.82) is 0 Å². The van der Waals surface area contributed by atoms with E-state index in [0.717, 1.165) is 31.2 Å². The summed E-state index contributed by atoms with van der Waals surface area (Å²) in [4.78, 5) is 20.1. The molecule has 4 nitrogen and oxygen atoms in total. The Balaban J connectivity index is 1.88. The first-order valence-corrected chi connectivity index (χ1v) is 7.40. The number of hydrogen-bond acceptors (Lipinski definition) is 3. The number of nitrogens with one attached hydrogen (secondary N) is 1. The lowest BCUT2D eigenvalue weighted by Crippen LogP contribution is -2.41. The molecule has 1 heterocycles. The summed E-state index contributed by atoms with van der Waals surface area (Å²) in [6, 6.07) is 0.313. The van der Waals surface area contributed by atoms with Crippen LogP contribution in [0.4, 0.5) is 0 Å². The van der Waals surface area contributed by atoms with Crippen LogP contribution < -0.4 is 5.32 Å². The second-order valence-electron chi connectivity index (χ2n) is 5.83. The monoisotopic (exact) mass is 279 g/mol. The van der Waals surface area contributed by atoms with Crippen molar-refractivity contribution in [3.8, 4) is 0 Å². The molecular weight excluding hydrogens is 257 g/mol. The number of rotatable bonds is 3. The fourth-order valence-corrected chi connectivity index (χ4v) is 2.77. The van der Waals surface area contributed by atoms with Gasteiger partial charge in [-0.15, -0.1) is 9.24 Å². The summed E-state index contributed by atoms with van der Waals surface area (Å²) in [6.07, 6.45) is 9.30. The van der Waals surface area contributed by atoms with Crippen LogP contribution in [-0.2, 0) is 4.79 Å². The van der Waals surface area contributed by atoms with Crippen molar-refractivity contribution in [2.75, 3.05) is 0 Å². The normalized spacial score (nSPS) is 28.7. The van der Waals surface area contributed by atoms with Gasteiger partial charge in [0, 0.05) is 24.0 Å². The minimum absolute atomic E-state index is 0.0761. The molecular formula is C14H22N3OP. The number of nitrogens with zero attached hydrogens (tertiary/aromatic N) is 2. The zero-order valence-corrected chi connectivity index (χ0v) is 12.7. The lowest BCUT2D eigenvalue weighted by atomic mass is 9.86. The van der Waals surface area contributed by atoms with Crippen LogP contribution in [0.5, 0.6) is 0 Å². The Morgan fingerprint density at radius 2 is 2.00 bits per heavy atom. The second kappa shape index (κ2) is 5.96. The molecule has 0 saturated heterocycles. The zero-order valence-electron chi connectivity index (χ0n) is 11.6. The molecule has 0 aromatic carbocycles. The number of carbonyl (C=O) groups excluding carboxylic acids is 1. The Kier molecular flexibility index (Phi) is 4.51. The summed E-state index contributed by atoms with van der Waals surface area (Å²) in [5.74, 6) is -0.113. The first kappa shape index (κ1) is 14.4. The van der Waals surface area contributed by atoms with Crippen LogP contribution >= 0.6 is 9.24 Å². The van der Waals surface area contributed by atoms with Crippen molar-refractivity contribution >= 4 is 15.1 Å². The van der Waals surface area contributed by atoms with Crippen LogP contribution in [0.1, 0.15) is 51.0 Å². The van der Waals surface area contributed by atoms with E-state index in [0.29, 0.717) is 11.2 Å². The van der Waals surface area contributed by atoms with Crippen molar-refractivity contribution in [2.45, 2.75) is 56.6 Å². The predicted molar refractivity (Wildman–Crippen MR) is 79.0 cm³/mol. The average molecular weight is 279 g/mol. The van der Waals surface area contributed by atoms with Gasteiger partial charge in [0.15, 0.2) is 0 Å². The molecule has 1 saturated carbocycles. The van der Waals surface area contributed by atoms with E-state index in [1.807, 2.05) is 6.92 Å². The lowest BCUT2D eigenvalue weighted by Gasteiger charge is -2.34. The summed E-state index contributed by atoms with van der Waals surface area (Å²) in [6.45, 7) is 4.16. The van der Waals surface area contributed by atoms with Gasteiger partial charge >= 0.3 is 0 Å². The molecule has 2 rings (SSSR count). The van der Waals surface area contributed by atoms with Crippen molar-refractivity contribution in [3.63, 3.8) is 0 Å². The molecule has 5 heteroatoms. The molecule has 1 aliphatic carbocycles. The number of carbonyl (C=O) groups is 1. The molecule has 0 bridgehead atoms. The van der Waals surface area contributed by atoms with E-state index in [2.05, 4.69) is 31.4 Å². The number of aromatic nitrogens is 2. The molecule has 1 amide bonds. The highest BCUT2D eigenvalue weighted by atomic mass is 31.0. The van der Waals surface area contributed by atoms with E-state index in [1.165, 1.54) is 6.33 Å². The SMILES string of the molecule is C[C@@H](C(=O)NC1CCC(C)(P)CC1)c1cncnc1. The first-order valence-electron chi connectivity index (χ1n) is 6.82. The maximum atomic E-state index is 12.2. The quantitative estimate of drug-likeness (QED) is 0.864. The van der Waals surface area contributed by atoms with Gasteiger partial charge in [0.2, 0.25) is 5.91 Å². The zero-order chi connectivity index (χ0) is 13.9. The van der Waals surface area contributed by atoms with Gasteiger partial charge in [0.1, 0.15) is 6.33 Å². The van der Waals surface area contributed by atoms with Crippen LogP contribution in [0.25, 0.3) is 0 Å². The van der Waals surface area contributed by atoms with Crippen LogP contribution in [0.2, 0.25) is 0 Å². The van der Waals surface area contributed by atoms with Gasteiger partial charge in [-0.25, -0.2) is 9.97 Å². The number of amides is 1. The third-order valence-electron chi connectivity index (χ3n) is 3.95. The highest BCUT2D eigenvalue weighted by molar-refractivity contribution is 7.18. The first-order chi connectivity index (χ1) is 8.98. The Morgan fingerprint density at radius 1 is 1.42 bits per heavy atom. The van der Waals surface area contributed by atoms with Crippen molar-refractivity contribution in [3.05, 3.63) is 24.3 Å². The van der Waals surface area contributed by atoms with E-state index < -0.39 is 0 Å². The molecule has 0 aliphatic heterocycles. The van der Waals surface area contributed by atoms with E-state index in [1.54, 1.807) is 12.4 Å². The van der Waals surface area contributed by atoms with Gasteiger partial charge in [-0.3, -0.25) is 4.79 Å². The van der Waals surface area contributed by atoms with Gasteiger partial charge in [-0.1, -0.05) is 6.92 Å². The van der Waals surface area contributed by atoms with Crippen molar-refractivity contribution < 1.29 is 4.79 Å². The topological polar surface area (TPSA) is 54.9 Å². The molecule has 1 unspecified atom stereocenters. The van der Waals surface area contributed by atoms with Gasteiger partial charge in [-0.2, -0.15) is 0 Å². The molecule has 0 radical (unpaired) electrons. The standard InChI is InChI=1S/C14H22N3OP/c1-10(11-7-15-9-16-8-11)13(18)17-12-3-5-14(2,19)6-4-12/h7-10,12H,3-6,19H2,1-2H3,(H,17,18)/t10-,12?,14?/m1/s1. The molecule has 1 aromatic rings. The minimum atomic E-state index is -0.189. The molecule has 1 aliphatic rings. The highest BCUT2D eigenvalue weighted by Crippen LogP contribution is 2.35. The van der Waals surface area contributed by atoms with Crippen LogP contribution in [0.15, 0.2) is 18.7 Å². The van der Waals surface area contributed by atoms with Crippen LogP contribution in [0.3, 0.4) is 0 Å². The Labute approximate surface area is 117 Å². The summed E-state index contributed by atoms with van der Waals surface area (Å²) in [5.41, 5.74) is 0.867. The molecule has 104 valence electrons. The molecule has 2 atom stereocenters. The fraction of sp³-hybridized carbons (Fsp3) is 0.643. The van der Waals surface area contributed by atoms with Gasteiger partial charge in [0.05, 0.1) is 5.92 Å². The summed E-state index contributed by atoms with van der Waals surface area (Å²) in [5, 5.41) is 3.50. The average Bonchev–Trinajstić information content (AvgIpc) is 2.41. The lowest BCUT2D eigenvalue weighted by molar-refractivity contribution is -0.123. The Bertz CT molecular complexity index is 426. The van der Waals surface area contributed by atoms with Gasteiger partial charge in [0.25, 0.3) is 0 Å². The Hall–Kier alpha value is -1.02. The third kappa shape index (κ3) is 3.97. The molecule has 0 spiro atoms. The number of hydrogen-bond donors (Lipinski definition) is 1. The van der Waals surface area contributed by atoms with Gasteiger partial charge in [-0.05, 0) is 37.8 Å². The summed E-state index contributed by atoms with van der Waals surface area (Å²) >= 11 is 0. The molecule has 1 aromatic heterocycles. The van der Waals surface area contributed by atoms with Gasteiger partial charge < -0.3 is 5.32 Å². The largest absolute Gasteiger partial charge is 0.353 e. The highest BCUT2D eigenvalue weighted by Gasteiger charge is 2.28. The third-order valence-corrected chi connectivity index (χ3v) is 4.53. The minimum Gasteiger partial charge on any atom is -0.353 e. The summed E-state index contributed by atoms with van der Waals surface area (Å²) < 4.78 is 0. The van der Waals surface area contributed by atoms with Crippen LogP contribution in [-0.4, -0.2) is 27.1 Å². The summed E-state index contributed by atoms with van der Waals surface area (Å²) in [7, 11) is 2.93. The van der Waals surface area contributed by atoms with E-state index in [9.17, 15) is 4.79 Å².